The molecule has 0 aliphatic heterocycles. The maximum absolute atomic E-state index is 8.49. The Morgan fingerprint density at radius 2 is 1.83 bits per heavy atom. The van der Waals surface area contributed by atoms with Crippen LogP contribution in [0.4, 0.5) is 0 Å². The normalized spacial score (nSPS) is 11.1. The average Bonchev–Trinajstić information content (AvgIpc) is 2.05. The van der Waals surface area contributed by atoms with Gasteiger partial charge in [0.1, 0.15) is 0 Å². The van der Waals surface area contributed by atoms with Crippen molar-refractivity contribution in [2.75, 3.05) is 0 Å². The molecule has 0 saturated heterocycles. The maximum atomic E-state index is 8.49. The molecule has 0 bridgehead atoms. The molecule has 12 heavy (non-hydrogen) atoms. The quantitative estimate of drug-likeness (QED) is 0.722. The summed E-state index contributed by atoms with van der Waals surface area (Å²) >= 11 is 0. The molecule has 64 valence electrons. The third kappa shape index (κ3) is 2.54. The molecule has 1 rings (SSSR count). The van der Waals surface area contributed by atoms with Crippen molar-refractivity contribution in [3.8, 4) is 6.07 Å². The summed E-state index contributed by atoms with van der Waals surface area (Å²) in [7, 11) is 0. The van der Waals surface area contributed by atoms with Gasteiger partial charge < -0.3 is 5.73 Å². The molecule has 1 unspecified atom stereocenters. The summed E-state index contributed by atoms with van der Waals surface area (Å²) < 4.78 is 0. The fraction of sp³-hybridized carbons (Fsp3) is 0.222. The van der Waals surface area contributed by atoms with Crippen molar-refractivity contribution in [3.63, 3.8) is 0 Å². The average molecular weight is 183 g/mol. The van der Waals surface area contributed by atoms with Gasteiger partial charge in [0, 0.05) is 6.04 Å². The fourth-order valence-corrected chi connectivity index (χ4v) is 0.861. The number of nitriles is 1. The van der Waals surface area contributed by atoms with E-state index in [9.17, 15) is 0 Å². The van der Waals surface area contributed by atoms with E-state index in [0.29, 0.717) is 5.56 Å². The minimum absolute atomic E-state index is 0. The van der Waals surface area contributed by atoms with E-state index in [1.54, 1.807) is 12.1 Å². The van der Waals surface area contributed by atoms with Crippen LogP contribution in [0.15, 0.2) is 24.3 Å². The lowest BCUT2D eigenvalue weighted by Crippen LogP contribution is -2.04. The molecule has 0 saturated carbocycles. The van der Waals surface area contributed by atoms with Crippen LogP contribution in [-0.4, -0.2) is 0 Å². The zero-order chi connectivity index (χ0) is 8.27. The van der Waals surface area contributed by atoms with Crippen molar-refractivity contribution < 1.29 is 0 Å². The molecule has 0 amide bonds. The van der Waals surface area contributed by atoms with Gasteiger partial charge in [0.25, 0.3) is 0 Å². The molecule has 0 fully saturated rings. The summed E-state index contributed by atoms with van der Waals surface area (Å²) in [5, 5.41) is 8.49. The Morgan fingerprint density at radius 1 is 1.33 bits per heavy atom. The minimum Gasteiger partial charge on any atom is -0.324 e. The molecule has 0 spiro atoms. The van der Waals surface area contributed by atoms with E-state index >= 15 is 0 Å². The van der Waals surface area contributed by atoms with Crippen LogP contribution < -0.4 is 5.73 Å². The van der Waals surface area contributed by atoms with Gasteiger partial charge in [-0.1, -0.05) is 12.1 Å². The van der Waals surface area contributed by atoms with Crippen LogP contribution in [0.1, 0.15) is 24.1 Å². The van der Waals surface area contributed by atoms with Crippen molar-refractivity contribution in [1.82, 2.24) is 0 Å². The van der Waals surface area contributed by atoms with E-state index < -0.39 is 0 Å². The van der Waals surface area contributed by atoms with Crippen molar-refractivity contribution in [2.24, 2.45) is 5.73 Å². The molecule has 0 radical (unpaired) electrons. The van der Waals surface area contributed by atoms with Crippen molar-refractivity contribution >= 4 is 12.4 Å². The molecule has 0 aliphatic carbocycles. The first-order valence-corrected chi connectivity index (χ1v) is 3.49. The summed E-state index contributed by atoms with van der Waals surface area (Å²) in [4.78, 5) is 0. The predicted octanol–water partition coefficient (Wildman–Crippen LogP) is 2.00. The summed E-state index contributed by atoms with van der Waals surface area (Å²) in [5.74, 6) is 0. The lowest BCUT2D eigenvalue weighted by molar-refractivity contribution is 0.818. The fourth-order valence-electron chi connectivity index (χ4n) is 0.861. The number of nitrogens with two attached hydrogens (primary N) is 1. The van der Waals surface area contributed by atoms with Crippen LogP contribution >= 0.6 is 12.4 Å². The largest absolute Gasteiger partial charge is 0.324 e. The number of hydrogen-bond donors (Lipinski definition) is 1. The molecule has 3 heteroatoms. The van der Waals surface area contributed by atoms with Crippen LogP contribution in [0.5, 0.6) is 0 Å². The highest BCUT2D eigenvalue weighted by Gasteiger charge is 1.97. The van der Waals surface area contributed by atoms with Crippen LogP contribution in [0.25, 0.3) is 0 Å². The predicted molar refractivity (Wildman–Crippen MR) is 51.0 cm³/mol. The standard InChI is InChI=1S/C9H10N2.ClH/c1-7(11)9-4-2-8(6-10)3-5-9;/h2-5,7H,11H2,1H3;1H. The lowest BCUT2D eigenvalue weighted by atomic mass is 10.1. The number of hydrogen-bond acceptors (Lipinski definition) is 2. The second-order valence-corrected chi connectivity index (χ2v) is 2.52. The first-order chi connectivity index (χ1) is 5.24. The van der Waals surface area contributed by atoms with Crippen molar-refractivity contribution in [2.45, 2.75) is 13.0 Å². The Balaban J connectivity index is 0.00000121. The first kappa shape index (κ1) is 11.0. The molecule has 1 aromatic rings. The molecule has 1 aromatic carbocycles. The van der Waals surface area contributed by atoms with E-state index in [-0.39, 0.29) is 18.4 Å². The molecular weight excluding hydrogens is 172 g/mol. The minimum atomic E-state index is 0. The zero-order valence-corrected chi connectivity index (χ0v) is 7.64. The summed E-state index contributed by atoms with van der Waals surface area (Å²) in [6.45, 7) is 1.92. The Hall–Kier alpha value is -1.04. The van der Waals surface area contributed by atoms with Crippen molar-refractivity contribution in [1.29, 1.82) is 5.26 Å². The van der Waals surface area contributed by atoms with Gasteiger partial charge in [-0.05, 0) is 24.6 Å². The number of rotatable bonds is 1. The van der Waals surface area contributed by atoms with Gasteiger partial charge in [-0.25, -0.2) is 0 Å². The highest BCUT2D eigenvalue weighted by molar-refractivity contribution is 5.85. The van der Waals surface area contributed by atoms with Crippen LogP contribution in [0, 0.1) is 11.3 Å². The molecule has 0 aliphatic rings. The zero-order valence-electron chi connectivity index (χ0n) is 6.82. The third-order valence-corrected chi connectivity index (χ3v) is 1.57. The molecule has 2 N–H and O–H groups in total. The lowest BCUT2D eigenvalue weighted by Gasteiger charge is -2.03. The van der Waals surface area contributed by atoms with E-state index in [2.05, 4.69) is 6.07 Å². The molecule has 0 heterocycles. The van der Waals surface area contributed by atoms with Crippen LogP contribution in [0.3, 0.4) is 0 Å². The summed E-state index contributed by atoms with van der Waals surface area (Å²) in [5.41, 5.74) is 7.36. The van der Waals surface area contributed by atoms with E-state index in [0.717, 1.165) is 5.56 Å². The van der Waals surface area contributed by atoms with Crippen LogP contribution in [-0.2, 0) is 0 Å². The van der Waals surface area contributed by atoms with Gasteiger partial charge in [-0.2, -0.15) is 5.26 Å². The number of halogens is 1. The van der Waals surface area contributed by atoms with Crippen molar-refractivity contribution in [3.05, 3.63) is 35.4 Å². The second kappa shape index (κ2) is 4.76. The second-order valence-electron chi connectivity index (χ2n) is 2.52. The number of benzene rings is 1. The highest BCUT2D eigenvalue weighted by atomic mass is 35.5. The highest BCUT2D eigenvalue weighted by Crippen LogP contribution is 2.09. The summed E-state index contributed by atoms with van der Waals surface area (Å²) in [6, 6.07) is 9.41. The van der Waals surface area contributed by atoms with E-state index in [1.165, 1.54) is 0 Å². The van der Waals surface area contributed by atoms with Gasteiger partial charge >= 0.3 is 0 Å². The molecular formula is C9H11ClN2. The van der Waals surface area contributed by atoms with E-state index in [4.69, 9.17) is 11.0 Å². The van der Waals surface area contributed by atoms with Gasteiger partial charge in [0.05, 0.1) is 11.6 Å². The molecule has 0 aromatic heterocycles. The smallest absolute Gasteiger partial charge is 0.0991 e. The van der Waals surface area contributed by atoms with E-state index in [1.807, 2.05) is 19.1 Å². The van der Waals surface area contributed by atoms with Gasteiger partial charge in [0.15, 0.2) is 0 Å². The first-order valence-electron chi connectivity index (χ1n) is 3.49. The molecule has 1 atom stereocenters. The topological polar surface area (TPSA) is 49.8 Å². The Bertz CT molecular complexity index is 272. The maximum Gasteiger partial charge on any atom is 0.0991 e. The van der Waals surface area contributed by atoms with Crippen LogP contribution in [0.2, 0.25) is 0 Å². The van der Waals surface area contributed by atoms with Gasteiger partial charge in [0.2, 0.25) is 0 Å². The Morgan fingerprint density at radius 3 is 2.17 bits per heavy atom. The monoisotopic (exact) mass is 182 g/mol. The Kier molecular flexibility index (Phi) is 4.35. The third-order valence-electron chi connectivity index (χ3n) is 1.57. The van der Waals surface area contributed by atoms with Gasteiger partial charge in [-0.15, -0.1) is 12.4 Å². The molecule has 2 nitrogen and oxygen atoms in total. The SMILES string of the molecule is CC(N)c1ccc(C#N)cc1.Cl. The van der Waals surface area contributed by atoms with Gasteiger partial charge in [-0.3, -0.25) is 0 Å². The number of nitrogens with zero attached hydrogens (tertiary/aromatic N) is 1. The summed E-state index contributed by atoms with van der Waals surface area (Å²) in [6.07, 6.45) is 0. The Labute approximate surface area is 78.4 Å².